The molecule has 0 heterocycles. The molecule has 0 aromatic carbocycles. The van der Waals surface area contributed by atoms with E-state index in [9.17, 15) is 4.79 Å². The quantitative estimate of drug-likeness (QED) is 0.723. The third-order valence-corrected chi connectivity index (χ3v) is 3.93. The van der Waals surface area contributed by atoms with Gasteiger partial charge in [0, 0.05) is 0 Å². The van der Waals surface area contributed by atoms with Crippen LogP contribution in [0, 0.1) is 5.92 Å². The predicted molar refractivity (Wildman–Crippen MR) is 69.0 cm³/mol. The van der Waals surface area contributed by atoms with Crippen molar-refractivity contribution in [2.24, 2.45) is 5.92 Å². The summed E-state index contributed by atoms with van der Waals surface area (Å²) in [6.45, 7) is 0.880. The van der Waals surface area contributed by atoms with Gasteiger partial charge >= 0.3 is 5.97 Å². The van der Waals surface area contributed by atoms with Crippen LogP contribution in [-0.2, 0) is 4.79 Å². The third kappa shape index (κ3) is 5.21. The largest absolute Gasteiger partial charge is 0.480 e. The maximum absolute atomic E-state index is 11.0. The summed E-state index contributed by atoms with van der Waals surface area (Å²) in [7, 11) is 0. The highest BCUT2D eigenvalue weighted by molar-refractivity contribution is 7.98. The van der Waals surface area contributed by atoms with Gasteiger partial charge < -0.3 is 10.4 Å². The van der Waals surface area contributed by atoms with E-state index in [0.717, 1.165) is 18.7 Å². The molecule has 1 aliphatic carbocycles. The molecule has 1 saturated carbocycles. The molecule has 16 heavy (non-hydrogen) atoms. The molecule has 94 valence electrons. The Bertz CT molecular complexity index is 205. The summed E-state index contributed by atoms with van der Waals surface area (Å²) < 4.78 is 0. The first-order valence-electron chi connectivity index (χ1n) is 6.19. The maximum Gasteiger partial charge on any atom is 0.320 e. The minimum Gasteiger partial charge on any atom is -0.480 e. The van der Waals surface area contributed by atoms with E-state index in [1.54, 1.807) is 11.8 Å². The van der Waals surface area contributed by atoms with E-state index in [-0.39, 0.29) is 6.04 Å². The summed E-state index contributed by atoms with van der Waals surface area (Å²) in [5.74, 6) is 0.906. The molecule has 2 N–H and O–H groups in total. The standard InChI is InChI=1S/C12H23NO2S/c1-16-8-7-11(12(14)15)13-9-10-5-3-2-4-6-10/h10-11,13H,2-9H2,1H3,(H,14,15)/t11-/m0/s1. The number of nitrogens with one attached hydrogen (secondary N) is 1. The molecule has 0 bridgehead atoms. The minimum atomic E-state index is -0.704. The number of hydrogen-bond acceptors (Lipinski definition) is 3. The van der Waals surface area contributed by atoms with Gasteiger partial charge in [-0.3, -0.25) is 4.79 Å². The lowest BCUT2D eigenvalue weighted by Gasteiger charge is -2.24. The molecular weight excluding hydrogens is 222 g/mol. The molecule has 1 fully saturated rings. The molecule has 0 spiro atoms. The first kappa shape index (κ1) is 13.8. The van der Waals surface area contributed by atoms with Gasteiger partial charge in [0.15, 0.2) is 0 Å². The molecule has 0 saturated heterocycles. The fourth-order valence-electron chi connectivity index (χ4n) is 2.25. The predicted octanol–water partition coefficient (Wildman–Crippen LogP) is 2.36. The Morgan fingerprint density at radius 2 is 2.12 bits per heavy atom. The second-order valence-electron chi connectivity index (χ2n) is 4.58. The molecule has 1 aliphatic rings. The van der Waals surface area contributed by atoms with Crippen LogP contribution in [-0.4, -0.2) is 35.7 Å². The van der Waals surface area contributed by atoms with E-state index in [4.69, 9.17) is 5.11 Å². The molecular formula is C12H23NO2S. The SMILES string of the molecule is CSCC[C@H](NCC1CCCCC1)C(=O)O. The number of carboxylic acid groups (broad SMARTS) is 1. The molecule has 0 aromatic heterocycles. The van der Waals surface area contributed by atoms with Crippen LogP contribution in [0.4, 0.5) is 0 Å². The lowest BCUT2D eigenvalue weighted by Crippen LogP contribution is -2.40. The highest BCUT2D eigenvalue weighted by Crippen LogP contribution is 2.22. The summed E-state index contributed by atoms with van der Waals surface area (Å²) in [5, 5.41) is 12.3. The first-order chi connectivity index (χ1) is 7.74. The fraction of sp³-hybridized carbons (Fsp3) is 0.917. The average molecular weight is 245 g/mol. The summed E-state index contributed by atoms with van der Waals surface area (Å²) in [4.78, 5) is 11.0. The zero-order chi connectivity index (χ0) is 11.8. The van der Waals surface area contributed by atoms with Crippen LogP contribution in [0.15, 0.2) is 0 Å². The third-order valence-electron chi connectivity index (χ3n) is 3.29. The monoisotopic (exact) mass is 245 g/mol. The van der Waals surface area contributed by atoms with Gasteiger partial charge in [-0.2, -0.15) is 11.8 Å². The second-order valence-corrected chi connectivity index (χ2v) is 5.57. The molecule has 3 nitrogen and oxygen atoms in total. The van der Waals surface area contributed by atoms with Gasteiger partial charge in [-0.15, -0.1) is 0 Å². The smallest absolute Gasteiger partial charge is 0.320 e. The minimum absolute atomic E-state index is 0.352. The van der Waals surface area contributed by atoms with Crippen molar-refractivity contribution in [3.8, 4) is 0 Å². The van der Waals surface area contributed by atoms with Gasteiger partial charge in [-0.25, -0.2) is 0 Å². The number of hydrogen-bond donors (Lipinski definition) is 2. The van der Waals surface area contributed by atoms with E-state index < -0.39 is 5.97 Å². The van der Waals surface area contributed by atoms with Crippen molar-refractivity contribution in [2.75, 3.05) is 18.6 Å². The lowest BCUT2D eigenvalue weighted by molar-refractivity contribution is -0.139. The van der Waals surface area contributed by atoms with Crippen molar-refractivity contribution in [3.63, 3.8) is 0 Å². The summed E-state index contributed by atoms with van der Waals surface area (Å²) >= 11 is 1.71. The van der Waals surface area contributed by atoms with Crippen LogP contribution < -0.4 is 5.32 Å². The Kier molecular flexibility index (Phi) is 6.88. The van der Waals surface area contributed by atoms with Crippen molar-refractivity contribution in [3.05, 3.63) is 0 Å². The van der Waals surface area contributed by atoms with Crippen LogP contribution >= 0.6 is 11.8 Å². The second kappa shape index (κ2) is 7.96. The Labute approximate surface area is 102 Å². The van der Waals surface area contributed by atoms with Gasteiger partial charge in [0.25, 0.3) is 0 Å². The van der Waals surface area contributed by atoms with Crippen molar-refractivity contribution >= 4 is 17.7 Å². The maximum atomic E-state index is 11.0. The Balaban J connectivity index is 2.22. The van der Waals surface area contributed by atoms with Gasteiger partial charge in [-0.05, 0) is 43.7 Å². The highest BCUT2D eigenvalue weighted by Gasteiger charge is 2.19. The van der Waals surface area contributed by atoms with Crippen LogP contribution in [0.1, 0.15) is 38.5 Å². The molecule has 0 aliphatic heterocycles. The van der Waals surface area contributed by atoms with E-state index >= 15 is 0 Å². The summed E-state index contributed by atoms with van der Waals surface area (Å²) in [6.07, 6.45) is 9.25. The number of carboxylic acids is 1. The Morgan fingerprint density at radius 3 is 2.69 bits per heavy atom. The molecule has 4 heteroatoms. The van der Waals surface area contributed by atoms with Crippen LogP contribution in [0.5, 0.6) is 0 Å². The van der Waals surface area contributed by atoms with Gasteiger partial charge in [0.2, 0.25) is 0 Å². The van der Waals surface area contributed by atoms with Crippen LogP contribution in [0.2, 0.25) is 0 Å². The molecule has 0 radical (unpaired) electrons. The van der Waals surface area contributed by atoms with Crippen LogP contribution in [0.25, 0.3) is 0 Å². The van der Waals surface area contributed by atoms with E-state index in [0.29, 0.717) is 5.92 Å². The average Bonchev–Trinajstić information content (AvgIpc) is 2.30. The fourth-order valence-corrected chi connectivity index (χ4v) is 2.72. The van der Waals surface area contributed by atoms with Crippen molar-refractivity contribution in [2.45, 2.75) is 44.6 Å². The van der Waals surface area contributed by atoms with Crippen molar-refractivity contribution in [1.29, 1.82) is 0 Å². The van der Waals surface area contributed by atoms with Gasteiger partial charge in [-0.1, -0.05) is 19.3 Å². The molecule has 1 rings (SSSR count). The highest BCUT2D eigenvalue weighted by atomic mass is 32.2. The van der Waals surface area contributed by atoms with Crippen molar-refractivity contribution < 1.29 is 9.90 Å². The normalized spacial score (nSPS) is 19.6. The van der Waals surface area contributed by atoms with E-state index in [1.807, 2.05) is 6.26 Å². The summed E-state index contributed by atoms with van der Waals surface area (Å²) in [6, 6.07) is -0.352. The molecule has 1 atom stereocenters. The number of thioether (sulfide) groups is 1. The number of aliphatic carboxylic acids is 1. The van der Waals surface area contributed by atoms with E-state index in [1.165, 1.54) is 32.1 Å². The van der Waals surface area contributed by atoms with Gasteiger partial charge in [0.05, 0.1) is 0 Å². The molecule has 0 amide bonds. The van der Waals surface area contributed by atoms with Gasteiger partial charge in [0.1, 0.15) is 6.04 Å². The molecule has 0 unspecified atom stereocenters. The zero-order valence-corrected chi connectivity index (χ0v) is 10.9. The number of rotatable bonds is 7. The summed E-state index contributed by atoms with van der Waals surface area (Å²) in [5.41, 5.74) is 0. The zero-order valence-electron chi connectivity index (χ0n) is 10.1. The Morgan fingerprint density at radius 1 is 1.44 bits per heavy atom. The first-order valence-corrected chi connectivity index (χ1v) is 7.58. The molecule has 0 aromatic rings. The topological polar surface area (TPSA) is 49.3 Å². The van der Waals surface area contributed by atoms with Crippen LogP contribution in [0.3, 0.4) is 0 Å². The van der Waals surface area contributed by atoms with Crippen molar-refractivity contribution in [1.82, 2.24) is 5.32 Å². The van der Waals surface area contributed by atoms with E-state index in [2.05, 4.69) is 5.32 Å². The Hall–Kier alpha value is -0.220. The lowest BCUT2D eigenvalue weighted by atomic mass is 9.89. The number of carbonyl (C=O) groups is 1.